The predicted molar refractivity (Wildman–Crippen MR) is 52.3 cm³/mol. The van der Waals surface area contributed by atoms with Gasteiger partial charge in [-0.1, -0.05) is 0 Å². The van der Waals surface area contributed by atoms with Gasteiger partial charge in [-0.2, -0.15) is 0 Å². The molecule has 0 atom stereocenters. The highest BCUT2D eigenvalue weighted by molar-refractivity contribution is 6.12. The number of carbonyl (C=O) groups excluding carboxylic acids is 2. The third kappa shape index (κ3) is 7.45. The second-order valence-corrected chi connectivity index (χ2v) is 3.92. The normalized spacial score (nSPS) is 14.9. The van der Waals surface area contributed by atoms with Gasteiger partial charge in [0, 0.05) is 12.2 Å². The molecule has 0 unspecified atom stereocenters. The van der Waals surface area contributed by atoms with Crippen LogP contribution in [0.3, 0.4) is 0 Å². The number of imide groups is 1. The van der Waals surface area contributed by atoms with Crippen LogP contribution in [0, 0.1) is 0 Å². The zero-order valence-electron chi connectivity index (χ0n) is 8.78. The maximum atomic E-state index is 10.0. The Kier molecular flexibility index (Phi) is 5.04. The third-order valence-electron chi connectivity index (χ3n) is 1.40. The summed E-state index contributed by atoms with van der Waals surface area (Å²) in [5.41, 5.74) is 0. The molecule has 2 amide bonds. The molecule has 14 heavy (non-hydrogen) atoms. The third-order valence-corrected chi connectivity index (χ3v) is 1.40. The molecule has 0 saturated heterocycles. The van der Waals surface area contributed by atoms with E-state index in [1.165, 1.54) is 12.2 Å². The van der Waals surface area contributed by atoms with E-state index >= 15 is 0 Å². The van der Waals surface area contributed by atoms with Gasteiger partial charge >= 0.3 is 0 Å². The van der Waals surface area contributed by atoms with Crippen molar-refractivity contribution in [3.63, 3.8) is 0 Å². The monoisotopic (exact) mass is 201 g/mol. The fraction of sp³-hybridized carbons (Fsp3) is 0.556. The molecule has 0 fully saturated rings. The second kappa shape index (κ2) is 5.51. The molecule has 0 saturated carbocycles. The van der Waals surface area contributed by atoms with Gasteiger partial charge in [0.1, 0.15) is 6.54 Å². The van der Waals surface area contributed by atoms with E-state index in [1.54, 1.807) is 0 Å². The summed E-state index contributed by atoms with van der Waals surface area (Å²) in [5, 5.41) is 10.4. The van der Waals surface area contributed by atoms with Crippen molar-refractivity contribution in [3.05, 3.63) is 12.2 Å². The van der Waals surface area contributed by atoms with Gasteiger partial charge in [0.2, 0.25) is 0 Å². The van der Waals surface area contributed by atoms with Crippen molar-refractivity contribution in [2.75, 3.05) is 34.3 Å². The number of hydrogen-bond acceptors (Lipinski definition) is 3. The molecule has 1 aliphatic heterocycles. The Labute approximate surface area is 83.6 Å². The molecule has 0 aromatic carbocycles. The van der Waals surface area contributed by atoms with E-state index in [1.807, 2.05) is 5.32 Å². The zero-order chi connectivity index (χ0) is 11.2. The summed E-state index contributed by atoms with van der Waals surface area (Å²) in [6.07, 6.45) is 2.39. The summed E-state index contributed by atoms with van der Waals surface area (Å²) in [5.74, 6) is -0.657. The lowest BCUT2D eigenvalue weighted by molar-refractivity contribution is -0.870. The largest absolute Gasteiger partial charge is 0.391 e. The molecule has 1 aliphatic rings. The van der Waals surface area contributed by atoms with Crippen molar-refractivity contribution in [2.24, 2.45) is 0 Å². The van der Waals surface area contributed by atoms with Crippen LogP contribution >= 0.6 is 0 Å². The Morgan fingerprint density at radius 3 is 1.71 bits per heavy atom. The fourth-order valence-corrected chi connectivity index (χ4v) is 0.656. The van der Waals surface area contributed by atoms with Gasteiger partial charge in [0.05, 0.1) is 27.7 Å². The van der Waals surface area contributed by atoms with Crippen LogP contribution in [-0.2, 0) is 9.59 Å². The Morgan fingerprint density at radius 2 is 1.64 bits per heavy atom. The number of rotatable bonds is 2. The van der Waals surface area contributed by atoms with Crippen molar-refractivity contribution < 1.29 is 19.2 Å². The Balaban J connectivity index is 0.000000241. The van der Waals surface area contributed by atoms with E-state index in [0.29, 0.717) is 0 Å². The molecule has 0 spiro atoms. The number of hydrogen-bond donors (Lipinski definition) is 2. The molecular weight excluding hydrogens is 184 g/mol. The number of quaternary nitrogens is 1. The molecule has 5 nitrogen and oxygen atoms in total. The highest BCUT2D eigenvalue weighted by atomic mass is 16.3. The molecule has 0 bridgehead atoms. The minimum absolute atomic E-state index is 0.281. The number of likely N-dealkylation sites (N-methyl/N-ethyl adjacent to an activating group) is 1. The molecule has 0 radical (unpaired) electrons. The molecule has 80 valence electrons. The van der Waals surface area contributed by atoms with Gasteiger partial charge in [-0.15, -0.1) is 0 Å². The number of amides is 2. The van der Waals surface area contributed by atoms with Gasteiger partial charge in [-0.25, -0.2) is 0 Å². The summed E-state index contributed by atoms with van der Waals surface area (Å²) in [7, 11) is 6.16. The summed E-state index contributed by atoms with van der Waals surface area (Å²) < 4.78 is 0.844. The zero-order valence-corrected chi connectivity index (χ0v) is 8.78. The number of nitrogens with one attached hydrogen (secondary N) is 1. The number of nitrogens with zero attached hydrogens (tertiary/aromatic N) is 1. The first-order valence-electron chi connectivity index (χ1n) is 4.29. The Bertz CT molecular complexity index is 225. The first-order chi connectivity index (χ1) is 6.35. The minimum atomic E-state index is -0.329. The molecule has 2 N–H and O–H groups in total. The van der Waals surface area contributed by atoms with Gasteiger partial charge in [0.15, 0.2) is 0 Å². The van der Waals surface area contributed by atoms with Crippen LogP contribution < -0.4 is 5.32 Å². The van der Waals surface area contributed by atoms with E-state index in [0.717, 1.165) is 11.0 Å². The molecule has 1 heterocycles. The molecular formula is C9H17N2O3+. The second-order valence-electron chi connectivity index (χ2n) is 3.92. The average Bonchev–Trinajstić information content (AvgIpc) is 2.33. The summed E-state index contributed by atoms with van der Waals surface area (Å²) in [6, 6.07) is 0. The minimum Gasteiger partial charge on any atom is -0.391 e. The van der Waals surface area contributed by atoms with Crippen molar-refractivity contribution >= 4 is 11.8 Å². The lowest BCUT2D eigenvalue weighted by Gasteiger charge is -2.21. The molecule has 5 heteroatoms. The van der Waals surface area contributed by atoms with Crippen LogP contribution in [0.25, 0.3) is 0 Å². The lowest BCUT2D eigenvalue weighted by atomic mass is 10.5. The summed E-state index contributed by atoms with van der Waals surface area (Å²) in [6.45, 7) is 1.11. The van der Waals surface area contributed by atoms with Gasteiger partial charge in [-0.05, 0) is 0 Å². The Hall–Kier alpha value is -1.20. The maximum absolute atomic E-state index is 10.0. The average molecular weight is 201 g/mol. The number of aliphatic hydroxyl groups excluding tert-OH is 1. The van der Waals surface area contributed by atoms with Crippen LogP contribution in [0.4, 0.5) is 0 Å². The van der Waals surface area contributed by atoms with Crippen molar-refractivity contribution in [2.45, 2.75) is 0 Å². The highest BCUT2D eigenvalue weighted by Crippen LogP contribution is 1.84. The smallest absolute Gasteiger partial charge is 0.250 e. The van der Waals surface area contributed by atoms with E-state index in [9.17, 15) is 9.59 Å². The van der Waals surface area contributed by atoms with E-state index in [-0.39, 0.29) is 18.4 Å². The van der Waals surface area contributed by atoms with Crippen molar-refractivity contribution in [3.8, 4) is 0 Å². The predicted octanol–water partition coefficient (Wildman–Crippen LogP) is -1.12. The first-order valence-corrected chi connectivity index (χ1v) is 4.29. The van der Waals surface area contributed by atoms with Crippen LogP contribution in [0.5, 0.6) is 0 Å². The van der Waals surface area contributed by atoms with Crippen LogP contribution in [0.15, 0.2) is 12.2 Å². The molecule has 0 aliphatic carbocycles. The Morgan fingerprint density at radius 1 is 1.21 bits per heavy atom. The fourth-order valence-electron chi connectivity index (χ4n) is 0.656. The maximum Gasteiger partial charge on any atom is 0.250 e. The number of aliphatic hydroxyl groups is 1. The quantitative estimate of drug-likeness (QED) is 0.439. The van der Waals surface area contributed by atoms with Gasteiger partial charge in [-0.3, -0.25) is 14.9 Å². The van der Waals surface area contributed by atoms with E-state index < -0.39 is 0 Å². The van der Waals surface area contributed by atoms with Crippen molar-refractivity contribution in [1.29, 1.82) is 0 Å². The topological polar surface area (TPSA) is 66.4 Å². The molecule has 0 aromatic rings. The summed E-state index contributed by atoms with van der Waals surface area (Å²) in [4.78, 5) is 20.1. The van der Waals surface area contributed by atoms with Crippen molar-refractivity contribution in [1.82, 2.24) is 5.32 Å². The van der Waals surface area contributed by atoms with Crippen LogP contribution in [0.2, 0.25) is 0 Å². The standard InChI is InChI=1S/C5H14NO.C4H3NO2/c1-6(2,3)4-5-7;6-3-1-2-4(7)5-3/h7H,4-5H2,1-3H3;1-2H,(H,5,6,7)/q+1;. The first kappa shape index (κ1) is 12.8. The molecule has 0 aromatic heterocycles. The van der Waals surface area contributed by atoms with Gasteiger partial charge < -0.3 is 9.59 Å². The molecule has 1 rings (SSSR count). The highest BCUT2D eigenvalue weighted by Gasteiger charge is 2.06. The van der Waals surface area contributed by atoms with Crippen LogP contribution in [-0.4, -0.2) is 55.7 Å². The number of carbonyl (C=O) groups is 2. The summed E-state index contributed by atoms with van der Waals surface area (Å²) >= 11 is 0. The van der Waals surface area contributed by atoms with Gasteiger partial charge in [0.25, 0.3) is 11.8 Å². The van der Waals surface area contributed by atoms with Crippen LogP contribution in [0.1, 0.15) is 0 Å². The lowest BCUT2D eigenvalue weighted by Crippen LogP contribution is -2.36. The SMILES string of the molecule is C[N+](C)(C)CCO.O=C1C=CC(=O)N1. The van der Waals surface area contributed by atoms with E-state index in [2.05, 4.69) is 21.1 Å². The van der Waals surface area contributed by atoms with E-state index in [4.69, 9.17) is 5.11 Å².